The number of aromatic nitrogens is 3. The maximum absolute atomic E-state index is 12.6. The molecule has 8 nitrogen and oxygen atoms in total. The van der Waals surface area contributed by atoms with Crippen molar-refractivity contribution in [3.8, 4) is 0 Å². The summed E-state index contributed by atoms with van der Waals surface area (Å²) in [4.78, 5) is 38.9. The number of carbonyl (C=O) groups is 3. The number of fused-ring (bicyclic) bond motifs is 1. The molecule has 28 heavy (non-hydrogen) atoms. The van der Waals surface area contributed by atoms with Gasteiger partial charge in [0.25, 0.3) is 11.7 Å². The second-order valence-electron chi connectivity index (χ2n) is 7.61. The number of Topliss-reactive ketones (excluding diaryl/α,β-unsaturated/α-hetero) is 1. The Bertz CT molecular complexity index is 909. The highest BCUT2D eigenvalue weighted by Gasteiger charge is 2.31. The Balaban J connectivity index is 1.38. The first-order chi connectivity index (χ1) is 13.5. The van der Waals surface area contributed by atoms with E-state index >= 15 is 0 Å². The molecule has 1 fully saturated rings. The third-order valence-electron chi connectivity index (χ3n) is 5.64. The monoisotopic (exact) mass is 383 g/mol. The standard InChI is InChI=1S/C20H25N5O3/c1-23-8-3-7-17(23)18(26)19(27)21-12-15-11-16-13-24(9-4-10-25(16)22-15)20(28)14-5-2-6-14/h3,7-8,11,14H,2,4-6,9-10,12-13H2,1H3,(H,21,27). The summed E-state index contributed by atoms with van der Waals surface area (Å²) in [5, 5.41) is 7.19. The predicted molar refractivity (Wildman–Crippen MR) is 101 cm³/mol. The predicted octanol–water partition coefficient (Wildman–Crippen LogP) is 1.25. The van der Waals surface area contributed by atoms with Crippen molar-refractivity contribution >= 4 is 17.6 Å². The molecule has 0 radical (unpaired) electrons. The van der Waals surface area contributed by atoms with Crippen LogP contribution in [0.15, 0.2) is 24.4 Å². The molecule has 2 aromatic rings. The third kappa shape index (κ3) is 3.58. The van der Waals surface area contributed by atoms with Crippen molar-refractivity contribution in [2.75, 3.05) is 6.54 Å². The van der Waals surface area contributed by atoms with Crippen LogP contribution < -0.4 is 5.32 Å². The van der Waals surface area contributed by atoms with Crippen LogP contribution in [-0.4, -0.2) is 43.4 Å². The zero-order valence-electron chi connectivity index (χ0n) is 16.1. The van der Waals surface area contributed by atoms with Gasteiger partial charge in [-0.1, -0.05) is 6.42 Å². The van der Waals surface area contributed by atoms with Gasteiger partial charge in [0.2, 0.25) is 5.91 Å². The van der Waals surface area contributed by atoms with Gasteiger partial charge in [0.05, 0.1) is 30.2 Å². The maximum atomic E-state index is 12.6. The Morgan fingerprint density at radius 2 is 2.04 bits per heavy atom. The van der Waals surface area contributed by atoms with Crippen LogP contribution in [0.4, 0.5) is 0 Å². The van der Waals surface area contributed by atoms with Crippen molar-refractivity contribution in [2.24, 2.45) is 13.0 Å². The van der Waals surface area contributed by atoms with Crippen molar-refractivity contribution in [1.29, 1.82) is 0 Å². The van der Waals surface area contributed by atoms with E-state index in [0.29, 0.717) is 17.9 Å². The summed E-state index contributed by atoms with van der Waals surface area (Å²) in [6, 6.07) is 5.26. The van der Waals surface area contributed by atoms with Crippen LogP contribution in [-0.2, 0) is 36.3 Å². The normalized spacial score (nSPS) is 16.8. The second kappa shape index (κ2) is 7.61. The van der Waals surface area contributed by atoms with Crippen molar-refractivity contribution in [3.63, 3.8) is 0 Å². The van der Waals surface area contributed by atoms with E-state index in [1.54, 1.807) is 29.9 Å². The summed E-state index contributed by atoms with van der Waals surface area (Å²) in [5.74, 6) is -0.766. The second-order valence-corrected chi connectivity index (χ2v) is 7.61. The van der Waals surface area contributed by atoms with Gasteiger partial charge in [-0.15, -0.1) is 0 Å². The molecule has 0 spiro atoms. The molecule has 1 N–H and O–H groups in total. The first-order valence-electron chi connectivity index (χ1n) is 9.81. The Morgan fingerprint density at radius 1 is 1.21 bits per heavy atom. The summed E-state index contributed by atoms with van der Waals surface area (Å²) < 4.78 is 3.53. The molecule has 2 aromatic heterocycles. The van der Waals surface area contributed by atoms with Crippen LogP contribution >= 0.6 is 0 Å². The van der Waals surface area contributed by atoms with Gasteiger partial charge in [0.15, 0.2) is 0 Å². The lowest BCUT2D eigenvalue weighted by Gasteiger charge is -2.30. The molecule has 1 aliphatic carbocycles. The van der Waals surface area contributed by atoms with Gasteiger partial charge in [-0.2, -0.15) is 5.10 Å². The summed E-state index contributed by atoms with van der Waals surface area (Å²) in [7, 11) is 1.73. The summed E-state index contributed by atoms with van der Waals surface area (Å²) in [6.45, 7) is 2.25. The van der Waals surface area contributed by atoms with Crippen LogP contribution in [0.25, 0.3) is 0 Å². The lowest BCUT2D eigenvalue weighted by molar-refractivity contribution is -0.138. The highest BCUT2D eigenvalue weighted by Crippen LogP contribution is 2.29. The molecule has 1 aliphatic heterocycles. The van der Waals surface area contributed by atoms with E-state index in [0.717, 1.165) is 44.5 Å². The van der Waals surface area contributed by atoms with Crippen molar-refractivity contribution in [1.82, 2.24) is 24.6 Å². The minimum atomic E-state index is -0.646. The maximum Gasteiger partial charge on any atom is 0.294 e. The molecule has 2 amide bonds. The number of amides is 2. The molecule has 0 unspecified atom stereocenters. The molecule has 2 aliphatic rings. The molecular weight excluding hydrogens is 358 g/mol. The van der Waals surface area contributed by atoms with Crippen LogP contribution in [0.5, 0.6) is 0 Å². The van der Waals surface area contributed by atoms with E-state index in [4.69, 9.17) is 0 Å². The fraction of sp³-hybridized carbons (Fsp3) is 0.500. The van der Waals surface area contributed by atoms with Gasteiger partial charge >= 0.3 is 0 Å². The number of hydrogen-bond acceptors (Lipinski definition) is 4. The van der Waals surface area contributed by atoms with E-state index in [-0.39, 0.29) is 18.4 Å². The number of hydrogen-bond donors (Lipinski definition) is 1. The number of ketones is 1. The lowest BCUT2D eigenvalue weighted by atomic mass is 9.84. The van der Waals surface area contributed by atoms with E-state index in [9.17, 15) is 14.4 Å². The van der Waals surface area contributed by atoms with Crippen molar-refractivity contribution in [3.05, 3.63) is 41.5 Å². The molecule has 0 aromatic carbocycles. The number of nitrogens with zero attached hydrogens (tertiary/aromatic N) is 4. The summed E-state index contributed by atoms with van der Waals surface area (Å²) >= 11 is 0. The number of nitrogens with one attached hydrogen (secondary N) is 1. The van der Waals surface area contributed by atoms with Crippen LogP contribution in [0.2, 0.25) is 0 Å². The van der Waals surface area contributed by atoms with E-state index in [1.165, 1.54) is 0 Å². The zero-order valence-corrected chi connectivity index (χ0v) is 16.1. The average Bonchev–Trinajstić information content (AvgIpc) is 3.17. The molecule has 0 atom stereocenters. The van der Waals surface area contributed by atoms with E-state index < -0.39 is 11.7 Å². The molecule has 148 valence electrons. The number of aryl methyl sites for hydroxylation is 2. The Kier molecular flexibility index (Phi) is 5.02. The van der Waals surface area contributed by atoms with Gasteiger partial charge < -0.3 is 14.8 Å². The summed E-state index contributed by atoms with van der Waals surface area (Å²) in [6.07, 6.45) is 5.74. The number of carbonyl (C=O) groups excluding carboxylic acids is 3. The van der Waals surface area contributed by atoms with Crippen LogP contribution in [0.1, 0.15) is 47.6 Å². The Hall–Kier alpha value is -2.90. The largest absolute Gasteiger partial charge is 0.348 e. The zero-order chi connectivity index (χ0) is 19.7. The van der Waals surface area contributed by atoms with Crippen molar-refractivity contribution in [2.45, 2.75) is 45.3 Å². The molecule has 3 heterocycles. The molecule has 8 heteroatoms. The number of rotatable bonds is 5. The average molecular weight is 383 g/mol. The van der Waals surface area contributed by atoms with Gasteiger partial charge in [-0.05, 0) is 37.5 Å². The Labute approximate surface area is 163 Å². The van der Waals surface area contributed by atoms with E-state index in [1.807, 2.05) is 15.6 Å². The third-order valence-corrected chi connectivity index (χ3v) is 5.64. The van der Waals surface area contributed by atoms with Crippen molar-refractivity contribution < 1.29 is 14.4 Å². The lowest BCUT2D eigenvalue weighted by Crippen LogP contribution is -2.38. The molecule has 0 bridgehead atoms. The van der Waals surface area contributed by atoms with Gasteiger partial charge in [0, 0.05) is 32.3 Å². The van der Waals surface area contributed by atoms with Gasteiger partial charge in [-0.25, -0.2) is 0 Å². The topological polar surface area (TPSA) is 89.2 Å². The summed E-state index contributed by atoms with van der Waals surface area (Å²) in [5.41, 5.74) is 2.02. The van der Waals surface area contributed by atoms with E-state index in [2.05, 4.69) is 10.4 Å². The van der Waals surface area contributed by atoms with Gasteiger partial charge in [-0.3, -0.25) is 19.1 Å². The van der Waals surface area contributed by atoms with Crippen LogP contribution in [0.3, 0.4) is 0 Å². The molecule has 4 rings (SSSR count). The fourth-order valence-electron chi connectivity index (χ4n) is 3.77. The quantitative estimate of drug-likeness (QED) is 0.622. The smallest absolute Gasteiger partial charge is 0.294 e. The van der Waals surface area contributed by atoms with Crippen LogP contribution in [0, 0.1) is 5.92 Å². The molecule has 0 saturated heterocycles. The Morgan fingerprint density at radius 3 is 2.71 bits per heavy atom. The molecular formula is C20H25N5O3. The first kappa shape index (κ1) is 18.5. The highest BCUT2D eigenvalue weighted by atomic mass is 16.2. The SMILES string of the molecule is Cn1cccc1C(=O)C(=O)NCc1cc2n(n1)CCCN(C(=O)C1CCC1)C2. The fourth-order valence-corrected chi connectivity index (χ4v) is 3.77. The highest BCUT2D eigenvalue weighted by molar-refractivity contribution is 6.42. The minimum Gasteiger partial charge on any atom is -0.348 e. The van der Waals surface area contributed by atoms with Gasteiger partial charge in [0.1, 0.15) is 0 Å². The minimum absolute atomic E-state index is 0.186. The first-order valence-corrected chi connectivity index (χ1v) is 9.81. The molecule has 1 saturated carbocycles.